The van der Waals surface area contributed by atoms with Gasteiger partial charge in [0.05, 0.1) is 12.6 Å². The van der Waals surface area contributed by atoms with Gasteiger partial charge in [-0.3, -0.25) is 10.1 Å². The van der Waals surface area contributed by atoms with E-state index in [0.29, 0.717) is 0 Å². The number of carbonyl (C=O) groups is 1. The summed E-state index contributed by atoms with van der Waals surface area (Å²) in [5.74, 6) is 2.11. The first-order valence-corrected chi connectivity index (χ1v) is 13.1. The Hall–Kier alpha value is -2.91. The SMILES string of the molecule is COC(=O)C(NC(c1ccccc1)(c1ccccc1)c1ccccc1)C12CC3CC(CC(C3)C1)C2. The zero-order valence-electron chi connectivity index (χ0n) is 20.5. The predicted molar refractivity (Wildman–Crippen MR) is 139 cm³/mol. The Labute approximate surface area is 208 Å². The second-order valence-corrected chi connectivity index (χ2v) is 11.2. The van der Waals surface area contributed by atoms with E-state index < -0.39 is 5.54 Å². The topological polar surface area (TPSA) is 38.3 Å². The van der Waals surface area contributed by atoms with Gasteiger partial charge in [0.1, 0.15) is 6.04 Å². The van der Waals surface area contributed by atoms with Gasteiger partial charge in [0.2, 0.25) is 0 Å². The Balaban J connectivity index is 1.55. The third kappa shape index (κ3) is 3.81. The van der Waals surface area contributed by atoms with Crippen molar-refractivity contribution in [2.75, 3.05) is 7.11 Å². The van der Waals surface area contributed by atoms with Crippen molar-refractivity contribution in [3.05, 3.63) is 108 Å². The molecule has 0 spiro atoms. The molecule has 3 nitrogen and oxygen atoms in total. The molecule has 0 saturated heterocycles. The normalized spacial score (nSPS) is 28.0. The lowest BCUT2D eigenvalue weighted by molar-refractivity contribution is -0.156. The van der Waals surface area contributed by atoms with E-state index in [1.165, 1.54) is 19.3 Å². The maximum absolute atomic E-state index is 13.7. The van der Waals surface area contributed by atoms with Crippen LogP contribution in [0, 0.1) is 23.2 Å². The van der Waals surface area contributed by atoms with Gasteiger partial charge in [0.25, 0.3) is 0 Å². The van der Waals surface area contributed by atoms with Crippen LogP contribution in [0.4, 0.5) is 0 Å². The minimum absolute atomic E-state index is 0.0502. The number of carbonyl (C=O) groups excluding carboxylic acids is 1. The Kier molecular flexibility index (Phi) is 5.76. The molecule has 35 heavy (non-hydrogen) atoms. The molecule has 180 valence electrons. The van der Waals surface area contributed by atoms with E-state index in [2.05, 4.69) is 96.3 Å². The number of methoxy groups -OCH3 is 1. The number of benzene rings is 3. The summed E-state index contributed by atoms with van der Waals surface area (Å²) < 4.78 is 5.55. The molecule has 4 aliphatic carbocycles. The molecule has 4 saturated carbocycles. The number of hydrogen-bond acceptors (Lipinski definition) is 3. The van der Waals surface area contributed by atoms with E-state index in [0.717, 1.165) is 53.7 Å². The molecule has 3 heteroatoms. The summed E-state index contributed by atoms with van der Waals surface area (Å²) in [6.45, 7) is 0. The predicted octanol–water partition coefficient (Wildman–Crippen LogP) is 6.33. The molecule has 0 aliphatic heterocycles. The van der Waals surface area contributed by atoms with Gasteiger partial charge in [-0.2, -0.15) is 0 Å². The molecular formula is C32H35NO2. The van der Waals surface area contributed by atoms with Gasteiger partial charge in [0.15, 0.2) is 0 Å². The third-order valence-corrected chi connectivity index (χ3v) is 9.12. The van der Waals surface area contributed by atoms with Crippen molar-refractivity contribution in [2.45, 2.75) is 50.1 Å². The Morgan fingerprint density at radius 3 is 1.46 bits per heavy atom. The first-order chi connectivity index (χ1) is 17.1. The fourth-order valence-corrected chi connectivity index (χ4v) is 8.14. The van der Waals surface area contributed by atoms with Gasteiger partial charge in [-0.15, -0.1) is 0 Å². The summed E-state index contributed by atoms with van der Waals surface area (Å²) >= 11 is 0. The second-order valence-electron chi connectivity index (χ2n) is 11.2. The number of nitrogens with one attached hydrogen (secondary N) is 1. The molecule has 3 aromatic carbocycles. The minimum Gasteiger partial charge on any atom is -0.468 e. The molecule has 1 N–H and O–H groups in total. The van der Waals surface area contributed by atoms with Crippen molar-refractivity contribution in [1.82, 2.24) is 5.32 Å². The van der Waals surface area contributed by atoms with Crippen molar-refractivity contribution in [3.63, 3.8) is 0 Å². The van der Waals surface area contributed by atoms with Crippen LogP contribution in [0.3, 0.4) is 0 Å². The standard InChI is InChI=1S/C32H35NO2/c1-35-30(34)29(31-20-23-17-24(21-31)19-25(18-23)22-31)33-32(26-11-5-2-6-12-26,27-13-7-3-8-14-27)28-15-9-4-10-16-28/h2-16,23-25,29,33H,17-22H2,1H3. The van der Waals surface area contributed by atoms with Crippen LogP contribution in [-0.4, -0.2) is 19.1 Å². The van der Waals surface area contributed by atoms with Crippen molar-refractivity contribution in [2.24, 2.45) is 23.2 Å². The van der Waals surface area contributed by atoms with E-state index in [4.69, 9.17) is 4.74 Å². The quantitative estimate of drug-likeness (QED) is 0.327. The molecule has 7 rings (SSSR count). The van der Waals surface area contributed by atoms with Crippen LogP contribution >= 0.6 is 0 Å². The Morgan fingerprint density at radius 1 is 0.743 bits per heavy atom. The summed E-state index contributed by atoms with van der Waals surface area (Å²) in [5, 5.41) is 4.05. The van der Waals surface area contributed by atoms with Crippen molar-refractivity contribution < 1.29 is 9.53 Å². The number of esters is 1. The van der Waals surface area contributed by atoms with Gasteiger partial charge in [-0.25, -0.2) is 0 Å². The number of rotatable bonds is 7. The molecule has 4 bridgehead atoms. The summed E-state index contributed by atoms with van der Waals surface area (Å²) in [6, 6.07) is 31.4. The highest BCUT2D eigenvalue weighted by atomic mass is 16.5. The molecular weight excluding hydrogens is 430 g/mol. The first-order valence-electron chi connectivity index (χ1n) is 13.1. The molecule has 4 fully saturated rings. The largest absolute Gasteiger partial charge is 0.468 e. The van der Waals surface area contributed by atoms with Gasteiger partial charge in [-0.1, -0.05) is 91.0 Å². The first kappa shape index (κ1) is 22.5. The average molecular weight is 466 g/mol. The van der Waals surface area contributed by atoms with Gasteiger partial charge in [0, 0.05) is 0 Å². The smallest absolute Gasteiger partial charge is 0.323 e. The van der Waals surface area contributed by atoms with Crippen LogP contribution in [0.2, 0.25) is 0 Å². The van der Waals surface area contributed by atoms with Crippen molar-refractivity contribution >= 4 is 5.97 Å². The van der Waals surface area contributed by atoms with Gasteiger partial charge >= 0.3 is 5.97 Å². The van der Waals surface area contributed by atoms with Gasteiger partial charge < -0.3 is 4.74 Å². The Bertz CT molecular complexity index is 1030. The second kappa shape index (κ2) is 8.95. The zero-order valence-corrected chi connectivity index (χ0v) is 20.5. The average Bonchev–Trinajstić information content (AvgIpc) is 2.90. The number of ether oxygens (including phenoxy) is 1. The molecule has 0 amide bonds. The highest BCUT2D eigenvalue weighted by molar-refractivity contribution is 5.77. The molecule has 0 radical (unpaired) electrons. The Morgan fingerprint density at radius 2 is 1.11 bits per heavy atom. The van der Waals surface area contributed by atoms with Crippen LogP contribution in [0.15, 0.2) is 91.0 Å². The summed E-state index contributed by atoms with van der Waals surface area (Å²) in [7, 11) is 1.55. The summed E-state index contributed by atoms with van der Waals surface area (Å²) in [6.07, 6.45) is 7.40. The van der Waals surface area contributed by atoms with Gasteiger partial charge in [-0.05, 0) is 78.4 Å². The summed E-state index contributed by atoms with van der Waals surface area (Å²) in [4.78, 5) is 13.7. The molecule has 0 heterocycles. The van der Waals surface area contributed by atoms with Crippen molar-refractivity contribution in [3.8, 4) is 0 Å². The third-order valence-electron chi connectivity index (χ3n) is 9.12. The summed E-state index contributed by atoms with van der Waals surface area (Å²) in [5.41, 5.74) is 2.68. The van der Waals surface area contributed by atoms with Crippen LogP contribution in [-0.2, 0) is 15.1 Å². The maximum atomic E-state index is 13.7. The van der Waals surface area contributed by atoms with Crippen LogP contribution < -0.4 is 5.32 Å². The van der Waals surface area contributed by atoms with Crippen LogP contribution in [0.5, 0.6) is 0 Å². The molecule has 3 aromatic rings. The van der Waals surface area contributed by atoms with E-state index in [-0.39, 0.29) is 17.4 Å². The van der Waals surface area contributed by atoms with Crippen LogP contribution in [0.1, 0.15) is 55.2 Å². The molecule has 1 atom stereocenters. The van der Waals surface area contributed by atoms with E-state index in [1.807, 2.05) is 0 Å². The van der Waals surface area contributed by atoms with E-state index in [9.17, 15) is 4.79 Å². The fourth-order valence-electron chi connectivity index (χ4n) is 8.14. The monoisotopic (exact) mass is 465 g/mol. The molecule has 4 aliphatic rings. The lowest BCUT2D eigenvalue weighted by atomic mass is 9.47. The van der Waals surface area contributed by atoms with Crippen molar-refractivity contribution in [1.29, 1.82) is 0 Å². The van der Waals surface area contributed by atoms with Crippen LogP contribution in [0.25, 0.3) is 0 Å². The lowest BCUT2D eigenvalue weighted by Crippen LogP contribution is -2.63. The maximum Gasteiger partial charge on any atom is 0.323 e. The minimum atomic E-state index is -0.675. The van der Waals surface area contributed by atoms with E-state index >= 15 is 0 Å². The highest BCUT2D eigenvalue weighted by Gasteiger charge is 2.58. The highest BCUT2D eigenvalue weighted by Crippen LogP contribution is 2.62. The fraction of sp³-hybridized carbons (Fsp3) is 0.406. The number of hydrogen-bond donors (Lipinski definition) is 1. The van der Waals surface area contributed by atoms with E-state index in [1.54, 1.807) is 7.11 Å². The lowest BCUT2D eigenvalue weighted by Gasteiger charge is -2.59. The zero-order chi connectivity index (χ0) is 23.9. The molecule has 1 unspecified atom stereocenters. The molecule has 0 aromatic heterocycles.